The van der Waals surface area contributed by atoms with E-state index in [-0.39, 0.29) is 5.03 Å². The molecule has 0 aliphatic heterocycles. The maximum absolute atomic E-state index is 11.9. The van der Waals surface area contributed by atoms with E-state index in [4.69, 9.17) is 11.6 Å². The molecule has 0 unspecified atom stereocenters. The van der Waals surface area contributed by atoms with Gasteiger partial charge in [-0.05, 0) is 6.72 Å². The van der Waals surface area contributed by atoms with E-state index in [0.29, 0.717) is 0 Å². The molecule has 0 aliphatic rings. The van der Waals surface area contributed by atoms with E-state index >= 15 is 0 Å². The third-order valence-electron chi connectivity index (χ3n) is 0.427. The molecule has 44 valence electrons. The minimum atomic E-state index is -0.718. The van der Waals surface area contributed by atoms with Gasteiger partial charge in [0.1, 0.15) is 0 Å². The summed E-state index contributed by atoms with van der Waals surface area (Å²) < 4.78 is 11.9. The highest BCUT2D eigenvalue weighted by Gasteiger charge is 1.85. The Labute approximate surface area is 52.2 Å². The van der Waals surface area contributed by atoms with Crippen molar-refractivity contribution in [3.63, 3.8) is 0 Å². The minimum Gasteiger partial charge on any atom is -0.236 e. The minimum absolute atomic E-state index is 0.106. The zero-order valence-corrected chi connectivity index (χ0v) is 4.95. The molecule has 0 saturated heterocycles. The number of hydrogen-bond donors (Lipinski definition) is 0. The van der Waals surface area contributed by atoms with E-state index in [9.17, 15) is 4.39 Å². The fraction of sp³-hybridized carbons (Fsp3) is 0. The summed E-state index contributed by atoms with van der Waals surface area (Å²) in [6.45, 7) is 6.12. The molecule has 0 aliphatic carbocycles. The molecule has 0 bridgehead atoms. The third-order valence-corrected chi connectivity index (χ3v) is 0.536. The van der Waals surface area contributed by atoms with Crippen molar-refractivity contribution in [3.05, 3.63) is 23.6 Å². The van der Waals surface area contributed by atoms with Crippen molar-refractivity contribution in [2.24, 2.45) is 4.99 Å². The van der Waals surface area contributed by atoms with E-state index in [1.807, 2.05) is 0 Å². The van der Waals surface area contributed by atoms with Crippen molar-refractivity contribution >= 4 is 18.3 Å². The predicted molar refractivity (Wildman–Crippen MR) is 33.7 cm³/mol. The van der Waals surface area contributed by atoms with Crippen LogP contribution in [0.1, 0.15) is 0 Å². The van der Waals surface area contributed by atoms with Gasteiger partial charge in [-0.25, -0.2) is 4.99 Å². The number of rotatable bonds is 2. The second kappa shape index (κ2) is 3.38. The molecule has 0 saturated carbocycles. The van der Waals surface area contributed by atoms with Crippen LogP contribution in [0.5, 0.6) is 0 Å². The molecule has 0 N–H and O–H groups in total. The lowest BCUT2D eigenvalue weighted by Crippen LogP contribution is -1.62. The summed E-state index contributed by atoms with van der Waals surface area (Å²) in [5.41, 5.74) is 0. The standard InChI is InChI=1S/C5H5ClFN/c1-4(6)3-5(7)8-2/h3H,1-2H2/b5-3-. The summed E-state index contributed by atoms with van der Waals surface area (Å²) >= 11 is 5.15. The van der Waals surface area contributed by atoms with Gasteiger partial charge in [-0.2, -0.15) is 4.39 Å². The van der Waals surface area contributed by atoms with Crippen molar-refractivity contribution in [1.82, 2.24) is 0 Å². The second-order valence-electron chi connectivity index (χ2n) is 1.07. The monoisotopic (exact) mass is 133 g/mol. The van der Waals surface area contributed by atoms with Crippen LogP contribution in [-0.2, 0) is 0 Å². The summed E-state index contributed by atoms with van der Waals surface area (Å²) in [6, 6.07) is 0. The smallest absolute Gasteiger partial charge is 0.213 e. The molecule has 0 rings (SSSR count). The van der Waals surface area contributed by atoms with Crippen LogP contribution in [0.4, 0.5) is 4.39 Å². The number of hydrogen-bond acceptors (Lipinski definition) is 1. The average molecular weight is 134 g/mol. The quantitative estimate of drug-likeness (QED) is 0.311. The van der Waals surface area contributed by atoms with Gasteiger partial charge in [0.15, 0.2) is 0 Å². The van der Waals surface area contributed by atoms with Crippen molar-refractivity contribution in [1.29, 1.82) is 0 Å². The highest BCUT2D eigenvalue weighted by Crippen LogP contribution is 2.05. The summed E-state index contributed by atoms with van der Waals surface area (Å²) in [5.74, 6) is -0.718. The lowest BCUT2D eigenvalue weighted by Gasteiger charge is -1.81. The molecule has 8 heavy (non-hydrogen) atoms. The highest BCUT2D eigenvalue weighted by atomic mass is 35.5. The number of nitrogens with zero attached hydrogens (tertiary/aromatic N) is 1. The van der Waals surface area contributed by atoms with Crippen LogP contribution >= 0.6 is 11.6 Å². The first kappa shape index (κ1) is 7.37. The molecule has 1 nitrogen and oxygen atoms in total. The molecule has 0 heterocycles. The largest absolute Gasteiger partial charge is 0.236 e. The van der Waals surface area contributed by atoms with Gasteiger partial charge in [0.05, 0.1) is 0 Å². The van der Waals surface area contributed by atoms with E-state index in [1.165, 1.54) is 0 Å². The van der Waals surface area contributed by atoms with Gasteiger partial charge in [-0.15, -0.1) is 0 Å². The fourth-order valence-corrected chi connectivity index (χ4v) is 0.265. The van der Waals surface area contributed by atoms with Crippen LogP contribution in [0.3, 0.4) is 0 Å². The van der Waals surface area contributed by atoms with Gasteiger partial charge < -0.3 is 0 Å². The zero-order valence-electron chi connectivity index (χ0n) is 4.19. The van der Waals surface area contributed by atoms with Crippen LogP contribution in [0, 0.1) is 0 Å². The predicted octanol–water partition coefficient (Wildman–Crippen LogP) is 2.25. The third kappa shape index (κ3) is 3.56. The van der Waals surface area contributed by atoms with Gasteiger partial charge in [0.2, 0.25) is 5.95 Å². The normalized spacial score (nSPS) is 11.0. The molecule has 0 aromatic rings. The van der Waals surface area contributed by atoms with E-state index in [2.05, 4.69) is 18.3 Å². The molecule has 0 aromatic carbocycles. The van der Waals surface area contributed by atoms with Crippen LogP contribution in [-0.4, -0.2) is 6.72 Å². The molecule has 0 aromatic heterocycles. The Morgan fingerprint density at radius 2 is 2.25 bits per heavy atom. The first-order valence-electron chi connectivity index (χ1n) is 1.85. The van der Waals surface area contributed by atoms with Crippen molar-refractivity contribution in [3.8, 4) is 0 Å². The van der Waals surface area contributed by atoms with E-state index in [1.54, 1.807) is 0 Å². The number of aliphatic imine (C=N–C) groups is 1. The van der Waals surface area contributed by atoms with Crippen molar-refractivity contribution in [2.75, 3.05) is 0 Å². The summed E-state index contributed by atoms with van der Waals surface area (Å²) in [4.78, 5) is 2.93. The van der Waals surface area contributed by atoms with Gasteiger partial charge in [-0.1, -0.05) is 18.2 Å². The molecule has 0 fully saturated rings. The Bertz CT molecular complexity index is 139. The van der Waals surface area contributed by atoms with Crippen molar-refractivity contribution < 1.29 is 4.39 Å². The molecule has 0 atom stereocenters. The van der Waals surface area contributed by atoms with Gasteiger partial charge in [0.25, 0.3) is 0 Å². The number of allylic oxidation sites excluding steroid dienone is 2. The maximum atomic E-state index is 11.9. The van der Waals surface area contributed by atoms with Crippen LogP contribution in [0.25, 0.3) is 0 Å². The SMILES string of the molecule is C=N/C(F)=C\C(=C)Cl. The first-order chi connectivity index (χ1) is 3.66. The van der Waals surface area contributed by atoms with Crippen LogP contribution in [0.2, 0.25) is 0 Å². The molecular weight excluding hydrogens is 129 g/mol. The Morgan fingerprint density at radius 1 is 1.75 bits per heavy atom. The van der Waals surface area contributed by atoms with Gasteiger partial charge in [0, 0.05) is 11.1 Å². The summed E-state index contributed by atoms with van der Waals surface area (Å²) in [6.07, 6.45) is 0.981. The lowest BCUT2D eigenvalue weighted by atomic mass is 10.6. The van der Waals surface area contributed by atoms with Crippen LogP contribution in [0.15, 0.2) is 28.6 Å². The topological polar surface area (TPSA) is 12.4 Å². The molecule has 0 amide bonds. The van der Waals surface area contributed by atoms with Crippen molar-refractivity contribution in [2.45, 2.75) is 0 Å². The second-order valence-corrected chi connectivity index (χ2v) is 1.56. The molecule has 3 heteroatoms. The van der Waals surface area contributed by atoms with E-state index in [0.717, 1.165) is 6.08 Å². The van der Waals surface area contributed by atoms with Gasteiger partial charge in [-0.3, -0.25) is 0 Å². The Morgan fingerprint density at radius 3 is 2.38 bits per heavy atom. The zero-order chi connectivity index (χ0) is 6.57. The Balaban J connectivity index is 3.94. The first-order valence-corrected chi connectivity index (χ1v) is 2.23. The summed E-state index contributed by atoms with van der Waals surface area (Å²) in [5, 5.41) is 0.106. The van der Waals surface area contributed by atoms with E-state index < -0.39 is 5.95 Å². The maximum Gasteiger partial charge on any atom is 0.213 e. The van der Waals surface area contributed by atoms with Crippen LogP contribution < -0.4 is 0 Å². The van der Waals surface area contributed by atoms with Gasteiger partial charge >= 0.3 is 0 Å². The Hall–Kier alpha value is -0.630. The Kier molecular flexibility index (Phi) is 3.12. The molecule has 0 radical (unpaired) electrons. The lowest BCUT2D eigenvalue weighted by molar-refractivity contribution is 0.630. The average Bonchev–Trinajstić information content (AvgIpc) is 1.65. The fourth-order valence-electron chi connectivity index (χ4n) is 0.175. The highest BCUT2D eigenvalue weighted by molar-refractivity contribution is 6.30. The molecule has 0 spiro atoms. The molecular formula is C5H5ClFN. The summed E-state index contributed by atoms with van der Waals surface area (Å²) in [7, 11) is 0. The number of halogens is 2.